The summed E-state index contributed by atoms with van der Waals surface area (Å²) in [6.45, 7) is 1.98. The van der Waals surface area contributed by atoms with Crippen LogP contribution in [0.5, 0.6) is 0 Å². The maximum atomic E-state index is 13.3. The normalized spacial score (nSPS) is 14.6. The Kier molecular flexibility index (Phi) is 6.87. The van der Waals surface area contributed by atoms with E-state index in [1.54, 1.807) is 30.6 Å². The number of carbonyl (C=O) groups excluding carboxylic acids is 1. The van der Waals surface area contributed by atoms with E-state index in [9.17, 15) is 14.3 Å². The molecule has 1 amide bonds. The fraction of sp³-hybridized carbons (Fsp3) is 0.240. The number of carbonyl (C=O) groups is 1. The fourth-order valence-corrected chi connectivity index (χ4v) is 3.74. The fourth-order valence-electron chi connectivity index (χ4n) is 3.74. The maximum Gasteiger partial charge on any atom is 0.249 e. The van der Waals surface area contributed by atoms with Gasteiger partial charge in [-0.2, -0.15) is 0 Å². The molecule has 32 heavy (non-hydrogen) atoms. The van der Waals surface area contributed by atoms with Gasteiger partial charge in [0, 0.05) is 38.2 Å². The van der Waals surface area contributed by atoms with Gasteiger partial charge in [-0.25, -0.2) is 14.4 Å². The summed E-state index contributed by atoms with van der Waals surface area (Å²) in [5, 5.41) is 12.1. The van der Waals surface area contributed by atoms with Crippen LogP contribution in [-0.4, -0.2) is 40.7 Å². The van der Waals surface area contributed by atoms with E-state index in [4.69, 9.17) is 0 Å². The molecule has 0 bridgehead atoms. The number of anilines is 2. The predicted octanol–water partition coefficient (Wildman–Crippen LogP) is 4.14. The zero-order valence-electron chi connectivity index (χ0n) is 17.6. The Hall–Kier alpha value is -3.58. The molecule has 0 unspecified atom stereocenters. The molecule has 3 aromatic rings. The van der Waals surface area contributed by atoms with Gasteiger partial charge in [-0.1, -0.05) is 12.1 Å². The summed E-state index contributed by atoms with van der Waals surface area (Å²) in [5.41, 5.74) is 2.50. The first-order valence-corrected chi connectivity index (χ1v) is 10.6. The molecule has 2 aromatic heterocycles. The lowest BCUT2D eigenvalue weighted by Crippen LogP contribution is -2.35. The zero-order valence-corrected chi connectivity index (χ0v) is 17.6. The molecule has 1 saturated heterocycles. The number of benzene rings is 1. The number of hydrogen-bond acceptors (Lipinski definition) is 5. The van der Waals surface area contributed by atoms with Gasteiger partial charge in [0.1, 0.15) is 17.5 Å². The van der Waals surface area contributed by atoms with Gasteiger partial charge in [0.2, 0.25) is 5.91 Å². The Bertz CT molecular complexity index is 1110. The minimum Gasteiger partial charge on any atom is -0.396 e. The van der Waals surface area contributed by atoms with E-state index in [0.29, 0.717) is 17.3 Å². The molecule has 1 aliphatic rings. The third-order valence-corrected chi connectivity index (χ3v) is 5.56. The number of aromatic nitrogens is 2. The number of rotatable bonds is 6. The minimum absolute atomic E-state index is 0.240. The highest BCUT2D eigenvalue weighted by atomic mass is 19.1. The summed E-state index contributed by atoms with van der Waals surface area (Å²) >= 11 is 0. The van der Waals surface area contributed by atoms with Gasteiger partial charge in [-0.3, -0.25) is 4.79 Å². The molecule has 1 aliphatic heterocycles. The quantitative estimate of drug-likeness (QED) is 0.573. The van der Waals surface area contributed by atoms with Gasteiger partial charge in [0.25, 0.3) is 0 Å². The van der Waals surface area contributed by atoms with Gasteiger partial charge < -0.3 is 15.3 Å². The molecule has 0 radical (unpaired) electrons. The molecule has 0 aliphatic carbocycles. The molecule has 7 heteroatoms. The number of nitrogens with zero attached hydrogens (tertiary/aromatic N) is 3. The number of aliphatic hydroxyl groups excluding tert-OH is 1. The summed E-state index contributed by atoms with van der Waals surface area (Å²) in [7, 11) is 0. The summed E-state index contributed by atoms with van der Waals surface area (Å²) in [6, 6.07) is 13.7. The summed E-state index contributed by atoms with van der Waals surface area (Å²) in [5.74, 6) is 1.01. The van der Waals surface area contributed by atoms with Gasteiger partial charge >= 0.3 is 0 Å². The molecule has 164 valence electrons. The smallest absolute Gasteiger partial charge is 0.249 e. The average molecular weight is 432 g/mol. The van der Waals surface area contributed by atoms with Gasteiger partial charge in [-0.05, 0) is 77.9 Å². The average Bonchev–Trinajstić information content (AvgIpc) is 2.83. The van der Waals surface area contributed by atoms with Crippen molar-refractivity contribution in [2.24, 2.45) is 5.92 Å². The third-order valence-electron chi connectivity index (χ3n) is 5.56. The van der Waals surface area contributed by atoms with Crippen LogP contribution >= 0.6 is 0 Å². The number of hydrogen-bond donors (Lipinski definition) is 2. The van der Waals surface area contributed by atoms with Crippen molar-refractivity contribution in [2.75, 3.05) is 29.9 Å². The van der Waals surface area contributed by atoms with E-state index < -0.39 is 0 Å². The molecular formula is C25H25FN4O2. The number of pyridine rings is 2. The van der Waals surface area contributed by atoms with Crippen LogP contribution in [0, 0.1) is 11.7 Å². The summed E-state index contributed by atoms with van der Waals surface area (Å²) in [4.78, 5) is 23.2. The number of piperidine rings is 1. The molecule has 6 nitrogen and oxygen atoms in total. The lowest BCUT2D eigenvalue weighted by Gasteiger charge is -2.32. The topological polar surface area (TPSA) is 78.4 Å². The van der Waals surface area contributed by atoms with Crippen molar-refractivity contribution in [3.8, 4) is 11.1 Å². The van der Waals surface area contributed by atoms with Crippen LogP contribution < -0.4 is 10.2 Å². The standard InChI is InChI=1S/C25H25FN4O2/c26-22-3-1-2-18(14-22)4-5-25(32)29-23-15-20(6-10-27-23)21-7-11-28-24(16-21)30-12-8-19(17-31)9-13-30/h1-7,10-11,14-16,19,31H,8-9,12-13,17H2,(H,27,29,32)/b5-4+. The van der Waals surface area contributed by atoms with Crippen molar-refractivity contribution in [2.45, 2.75) is 12.8 Å². The number of halogens is 1. The molecule has 0 spiro atoms. The van der Waals surface area contributed by atoms with E-state index in [1.165, 1.54) is 18.2 Å². The molecule has 2 N–H and O–H groups in total. The minimum atomic E-state index is -0.351. The van der Waals surface area contributed by atoms with Crippen LogP contribution in [0.4, 0.5) is 16.0 Å². The van der Waals surface area contributed by atoms with E-state index in [1.807, 2.05) is 24.3 Å². The van der Waals surface area contributed by atoms with Crippen molar-refractivity contribution in [1.82, 2.24) is 9.97 Å². The molecule has 3 heterocycles. The highest BCUT2D eigenvalue weighted by molar-refractivity contribution is 6.01. The van der Waals surface area contributed by atoms with Gasteiger partial charge in [0.15, 0.2) is 0 Å². The van der Waals surface area contributed by atoms with E-state index in [2.05, 4.69) is 20.2 Å². The van der Waals surface area contributed by atoms with E-state index >= 15 is 0 Å². The second-order valence-corrected chi connectivity index (χ2v) is 7.82. The summed E-state index contributed by atoms with van der Waals surface area (Å²) in [6.07, 6.45) is 8.24. The molecule has 0 atom stereocenters. The second kappa shape index (κ2) is 10.2. The van der Waals surface area contributed by atoms with Crippen LogP contribution in [0.3, 0.4) is 0 Å². The third kappa shape index (κ3) is 5.56. The first-order valence-electron chi connectivity index (χ1n) is 10.6. The molecule has 1 aromatic carbocycles. The van der Waals surface area contributed by atoms with Crippen LogP contribution in [-0.2, 0) is 4.79 Å². The first-order chi connectivity index (χ1) is 15.6. The predicted molar refractivity (Wildman–Crippen MR) is 124 cm³/mol. The summed E-state index contributed by atoms with van der Waals surface area (Å²) < 4.78 is 13.3. The van der Waals surface area contributed by atoms with Crippen molar-refractivity contribution in [3.05, 3.63) is 78.4 Å². The Morgan fingerprint density at radius 2 is 1.84 bits per heavy atom. The number of aliphatic hydroxyl groups is 1. The zero-order chi connectivity index (χ0) is 22.3. The van der Waals surface area contributed by atoms with Crippen LogP contribution in [0.25, 0.3) is 17.2 Å². The largest absolute Gasteiger partial charge is 0.396 e. The van der Waals surface area contributed by atoms with Crippen LogP contribution in [0.2, 0.25) is 0 Å². The van der Waals surface area contributed by atoms with Crippen molar-refractivity contribution in [3.63, 3.8) is 0 Å². The maximum absolute atomic E-state index is 13.3. The SMILES string of the molecule is O=C(/C=C/c1cccc(F)c1)Nc1cc(-c2ccnc(N3CCC(CO)CC3)c2)ccn1. The highest BCUT2D eigenvalue weighted by Crippen LogP contribution is 2.27. The molecular weight excluding hydrogens is 407 g/mol. The number of amides is 1. The van der Waals surface area contributed by atoms with Gasteiger partial charge in [0.05, 0.1) is 0 Å². The van der Waals surface area contributed by atoms with E-state index in [-0.39, 0.29) is 18.3 Å². The Morgan fingerprint density at radius 1 is 1.09 bits per heavy atom. The molecule has 1 fully saturated rings. The lowest BCUT2D eigenvalue weighted by atomic mass is 9.98. The number of nitrogens with one attached hydrogen (secondary N) is 1. The molecule has 0 saturated carbocycles. The Balaban J connectivity index is 1.44. The van der Waals surface area contributed by atoms with Gasteiger partial charge in [-0.15, -0.1) is 0 Å². The first kappa shape index (κ1) is 21.6. The van der Waals surface area contributed by atoms with Crippen molar-refractivity contribution >= 4 is 23.6 Å². The molecule has 4 rings (SSSR count). The second-order valence-electron chi connectivity index (χ2n) is 7.82. The lowest BCUT2D eigenvalue weighted by molar-refractivity contribution is -0.111. The Labute approximate surface area is 186 Å². The van der Waals surface area contributed by atoms with E-state index in [0.717, 1.165) is 42.9 Å². The van der Waals surface area contributed by atoms with Crippen molar-refractivity contribution < 1.29 is 14.3 Å². The van der Waals surface area contributed by atoms with Crippen LogP contribution in [0.15, 0.2) is 67.0 Å². The highest BCUT2D eigenvalue weighted by Gasteiger charge is 2.19. The van der Waals surface area contributed by atoms with Crippen LogP contribution in [0.1, 0.15) is 18.4 Å². The monoisotopic (exact) mass is 432 g/mol. The Morgan fingerprint density at radius 3 is 2.59 bits per heavy atom. The van der Waals surface area contributed by atoms with Crippen molar-refractivity contribution in [1.29, 1.82) is 0 Å².